The molecular formula is C60H98O6. The van der Waals surface area contributed by atoms with Gasteiger partial charge in [0.15, 0.2) is 6.10 Å². The largest absolute Gasteiger partial charge is 0.462 e. The molecule has 0 aliphatic heterocycles. The number of carbonyl (C=O) groups excluding carboxylic acids is 3. The van der Waals surface area contributed by atoms with E-state index >= 15 is 0 Å². The Kier molecular flexibility index (Phi) is 50.5. The molecule has 6 heteroatoms. The highest BCUT2D eigenvalue weighted by Crippen LogP contribution is 2.13. The lowest BCUT2D eigenvalue weighted by atomic mass is 10.1. The second-order valence-electron chi connectivity index (χ2n) is 17.5. The maximum atomic E-state index is 12.8. The summed E-state index contributed by atoms with van der Waals surface area (Å²) >= 11 is 0. The molecule has 6 nitrogen and oxygen atoms in total. The van der Waals surface area contributed by atoms with Crippen molar-refractivity contribution in [2.45, 2.75) is 239 Å². The fourth-order valence-electron chi connectivity index (χ4n) is 7.02. The SMILES string of the molecule is CCC\C=C/C=C\C=C/C=C\C=C/CCCCCCCC(=O)OCC(COC(=O)CC/C=C\C/C=C\CCCCCCCC)OC(=O)CCCCCCCCC/C=C\C/C=C\CCCCC. The monoisotopic (exact) mass is 915 g/mol. The van der Waals surface area contributed by atoms with Crippen LogP contribution in [0.2, 0.25) is 0 Å². The normalized spacial score (nSPS) is 13.0. The minimum atomic E-state index is -0.818. The lowest BCUT2D eigenvalue weighted by Gasteiger charge is -2.18. The highest BCUT2D eigenvalue weighted by atomic mass is 16.6. The van der Waals surface area contributed by atoms with E-state index in [1.165, 1.54) is 96.3 Å². The third-order valence-corrected chi connectivity index (χ3v) is 11.1. The van der Waals surface area contributed by atoms with Gasteiger partial charge in [0.2, 0.25) is 0 Å². The van der Waals surface area contributed by atoms with Crippen molar-refractivity contribution >= 4 is 17.9 Å². The van der Waals surface area contributed by atoms with Gasteiger partial charge < -0.3 is 14.2 Å². The Morgan fingerprint density at radius 2 is 0.667 bits per heavy atom. The molecule has 0 heterocycles. The smallest absolute Gasteiger partial charge is 0.306 e. The van der Waals surface area contributed by atoms with Crippen LogP contribution < -0.4 is 0 Å². The molecule has 0 radical (unpaired) electrons. The summed E-state index contributed by atoms with van der Waals surface area (Å²) in [5.41, 5.74) is 0. The van der Waals surface area contributed by atoms with Crippen molar-refractivity contribution in [2.75, 3.05) is 13.2 Å². The first-order valence-electron chi connectivity index (χ1n) is 27.0. The highest BCUT2D eigenvalue weighted by molar-refractivity contribution is 5.71. The zero-order valence-corrected chi connectivity index (χ0v) is 42.7. The third-order valence-electron chi connectivity index (χ3n) is 11.1. The maximum absolute atomic E-state index is 12.8. The molecule has 0 aliphatic rings. The van der Waals surface area contributed by atoms with Crippen LogP contribution >= 0.6 is 0 Å². The second kappa shape index (κ2) is 53.7. The molecular weight excluding hydrogens is 817 g/mol. The van der Waals surface area contributed by atoms with Crippen molar-refractivity contribution in [1.82, 2.24) is 0 Å². The Bertz CT molecular complexity index is 1370. The zero-order chi connectivity index (χ0) is 47.9. The number of hydrogen-bond donors (Lipinski definition) is 0. The van der Waals surface area contributed by atoms with Gasteiger partial charge in [0.25, 0.3) is 0 Å². The van der Waals surface area contributed by atoms with Gasteiger partial charge in [0.05, 0.1) is 0 Å². The van der Waals surface area contributed by atoms with Gasteiger partial charge in [-0.05, 0) is 89.9 Å². The Hall–Kier alpha value is -3.93. The average Bonchev–Trinajstić information content (AvgIpc) is 3.31. The molecule has 0 aliphatic carbocycles. The number of allylic oxidation sites excluding steroid dienone is 18. The van der Waals surface area contributed by atoms with Gasteiger partial charge in [0.1, 0.15) is 13.2 Å². The minimum absolute atomic E-state index is 0.114. The van der Waals surface area contributed by atoms with E-state index in [2.05, 4.69) is 99.8 Å². The predicted molar refractivity (Wildman–Crippen MR) is 283 cm³/mol. The van der Waals surface area contributed by atoms with E-state index < -0.39 is 6.10 Å². The zero-order valence-electron chi connectivity index (χ0n) is 42.7. The standard InChI is InChI=1S/C60H98O6/c1-4-7-10-13-16-19-22-25-27-29-31-32-35-38-41-44-47-50-53-59(62)65-56-57(55-64-58(61)52-49-46-43-40-37-34-24-21-18-15-12-9-6-3)66-60(63)54-51-48-45-42-39-36-33-30-28-26-23-20-17-14-11-8-5-2/h10,13,16-17,19-20,22,25-29,31-32,34,37,43,46,57H,4-9,11-12,14-15,18,21,23-24,30,33,35-36,38-42,44-45,47-56H2,1-3H3/b13-10-,19-16-,20-17-,25-22-,28-26-,29-27-,32-31-,37-34-,46-43-. The molecule has 0 saturated heterocycles. The summed E-state index contributed by atoms with van der Waals surface area (Å²) in [5.74, 6) is -1.02. The summed E-state index contributed by atoms with van der Waals surface area (Å²) in [7, 11) is 0. The first kappa shape index (κ1) is 62.1. The molecule has 0 bridgehead atoms. The van der Waals surface area contributed by atoms with Crippen LogP contribution in [0.1, 0.15) is 233 Å². The van der Waals surface area contributed by atoms with Crippen molar-refractivity contribution in [2.24, 2.45) is 0 Å². The van der Waals surface area contributed by atoms with E-state index in [1.54, 1.807) is 0 Å². The lowest BCUT2D eigenvalue weighted by molar-refractivity contribution is -0.166. The predicted octanol–water partition coefficient (Wildman–Crippen LogP) is 17.9. The second-order valence-corrected chi connectivity index (χ2v) is 17.5. The molecule has 1 atom stereocenters. The van der Waals surface area contributed by atoms with Crippen molar-refractivity contribution in [3.8, 4) is 0 Å². The van der Waals surface area contributed by atoms with E-state index in [1.807, 2.05) is 30.4 Å². The summed E-state index contributed by atoms with van der Waals surface area (Å²) < 4.78 is 16.7. The molecule has 0 aromatic heterocycles. The van der Waals surface area contributed by atoms with Crippen LogP contribution in [0.4, 0.5) is 0 Å². The number of rotatable bonds is 47. The van der Waals surface area contributed by atoms with Gasteiger partial charge >= 0.3 is 17.9 Å². The summed E-state index contributed by atoms with van der Waals surface area (Å²) in [6.45, 7) is 6.43. The minimum Gasteiger partial charge on any atom is -0.462 e. The summed E-state index contributed by atoms with van der Waals surface area (Å²) in [6, 6.07) is 0. The Morgan fingerprint density at radius 3 is 1.15 bits per heavy atom. The van der Waals surface area contributed by atoms with Gasteiger partial charge in [-0.3, -0.25) is 14.4 Å². The molecule has 0 aromatic rings. The fraction of sp³-hybridized carbons (Fsp3) is 0.650. The third kappa shape index (κ3) is 51.1. The summed E-state index contributed by atoms with van der Waals surface area (Å²) in [5, 5.41) is 0. The van der Waals surface area contributed by atoms with Crippen LogP contribution in [0.5, 0.6) is 0 Å². The van der Waals surface area contributed by atoms with Crippen LogP contribution in [0, 0.1) is 0 Å². The molecule has 374 valence electrons. The van der Waals surface area contributed by atoms with E-state index in [0.29, 0.717) is 19.3 Å². The molecule has 0 amide bonds. The van der Waals surface area contributed by atoms with Gasteiger partial charge in [0, 0.05) is 19.3 Å². The van der Waals surface area contributed by atoms with Crippen LogP contribution in [0.15, 0.2) is 109 Å². The van der Waals surface area contributed by atoms with Gasteiger partial charge in [-0.25, -0.2) is 0 Å². The van der Waals surface area contributed by atoms with Crippen molar-refractivity contribution in [1.29, 1.82) is 0 Å². The molecule has 1 unspecified atom stereocenters. The first-order valence-corrected chi connectivity index (χ1v) is 27.0. The van der Waals surface area contributed by atoms with Gasteiger partial charge in [-0.15, -0.1) is 0 Å². The summed E-state index contributed by atoms with van der Waals surface area (Å²) in [4.78, 5) is 38.0. The van der Waals surface area contributed by atoms with E-state index in [9.17, 15) is 14.4 Å². The maximum Gasteiger partial charge on any atom is 0.306 e. The van der Waals surface area contributed by atoms with E-state index in [-0.39, 0.29) is 37.5 Å². The Labute approximate surface area is 406 Å². The molecule has 0 fully saturated rings. The highest BCUT2D eigenvalue weighted by Gasteiger charge is 2.19. The van der Waals surface area contributed by atoms with Crippen LogP contribution in [-0.2, 0) is 28.6 Å². The van der Waals surface area contributed by atoms with Crippen molar-refractivity contribution in [3.63, 3.8) is 0 Å². The number of esters is 3. The van der Waals surface area contributed by atoms with Crippen molar-refractivity contribution in [3.05, 3.63) is 109 Å². The lowest BCUT2D eigenvalue weighted by Crippen LogP contribution is -2.30. The topological polar surface area (TPSA) is 78.9 Å². The molecule has 66 heavy (non-hydrogen) atoms. The van der Waals surface area contributed by atoms with E-state index in [4.69, 9.17) is 14.2 Å². The molecule has 0 saturated carbocycles. The average molecular weight is 915 g/mol. The molecule has 0 aromatic carbocycles. The van der Waals surface area contributed by atoms with Crippen molar-refractivity contribution < 1.29 is 28.6 Å². The quantitative estimate of drug-likeness (QED) is 0.0199. The number of carbonyl (C=O) groups is 3. The number of hydrogen-bond acceptors (Lipinski definition) is 6. The van der Waals surface area contributed by atoms with Crippen LogP contribution in [0.25, 0.3) is 0 Å². The van der Waals surface area contributed by atoms with Crippen LogP contribution in [0.3, 0.4) is 0 Å². The first-order chi connectivity index (χ1) is 32.5. The van der Waals surface area contributed by atoms with Gasteiger partial charge in [-0.2, -0.15) is 0 Å². The Balaban J connectivity index is 4.52. The molecule has 0 N–H and O–H groups in total. The van der Waals surface area contributed by atoms with E-state index in [0.717, 1.165) is 89.9 Å². The van der Waals surface area contributed by atoms with Crippen LogP contribution in [-0.4, -0.2) is 37.2 Å². The Morgan fingerprint density at radius 1 is 0.318 bits per heavy atom. The number of unbranched alkanes of at least 4 members (excludes halogenated alkanes) is 22. The van der Waals surface area contributed by atoms with Gasteiger partial charge in [-0.1, -0.05) is 233 Å². The number of ether oxygens (including phenoxy) is 3. The molecule has 0 rings (SSSR count). The summed E-state index contributed by atoms with van der Waals surface area (Å²) in [6.07, 6.45) is 72.2. The fourth-order valence-corrected chi connectivity index (χ4v) is 7.02. The molecule has 0 spiro atoms.